The van der Waals surface area contributed by atoms with E-state index in [-0.39, 0.29) is 26.4 Å². The molecule has 7 heteroatoms. The van der Waals surface area contributed by atoms with Crippen molar-refractivity contribution in [2.75, 3.05) is 72.7 Å². The van der Waals surface area contributed by atoms with E-state index in [4.69, 9.17) is 26.2 Å². The molecule has 0 heterocycles. The molecule has 0 saturated carbocycles. The summed E-state index contributed by atoms with van der Waals surface area (Å²) in [4.78, 5) is 3.78. The minimum absolute atomic E-state index is 0.0694. The number of nitrogens with two attached hydrogens (primary N) is 1. The third kappa shape index (κ3) is 15.7. The molecule has 0 aliphatic heterocycles. The molecule has 0 spiro atoms. The smallest absolute Gasteiger partial charge is 0.0558 e. The molecule has 0 rings (SSSR count). The van der Waals surface area contributed by atoms with E-state index in [2.05, 4.69) is 0 Å². The van der Waals surface area contributed by atoms with Crippen molar-refractivity contribution >= 4 is 0 Å². The summed E-state index contributed by atoms with van der Waals surface area (Å²) in [6.07, 6.45) is 0. The molecule has 0 atom stereocenters. The predicted molar refractivity (Wildman–Crippen MR) is 71.3 cm³/mol. The molecule has 0 bridgehead atoms. The van der Waals surface area contributed by atoms with Gasteiger partial charge in [-0.15, -0.1) is 0 Å². The molecule has 0 aromatic carbocycles. The Bertz CT molecular complexity index is 132. The minimum atomic E-state index is 0.0694. The molecule has 0 fully saturated rings. The van der Waals surface area contributed by atoms with Crippen LogP contribution < -0.4 is 5.73 Å². The second-order valence-electron chi connectivity index (χ2n) is 3.83. The maximum absolute atomic E-state index is 8.48. The highest BCUT2D eigenvalue weighted by Crippen LogP contribution is 1.84. The summed E-state index contributed by atoms with van der Waals surface area (Å²) < 4.78 is 0. The number of hydrogen-bond acceptors (Lipinski definition) is 7. The van der Waals surface area contributed by atoms with Crippen LogP contribution in [0.4, 0.5) is 0 Å². The number of likely N-dealkylation sites (N-methyl/N-ethyl adjacent to an activating group) is 1. The summed E-state index contributed by atoms with van der Waals surface area (Å²) in [6, 6.07) is 0. The Morgan fingerprint density at radius 2 is 1.11 bits per heavy atom. The van der Waals surface area contributed by atoms with Crippen molar-refractivity contribution in [1.29, 1.82) is 0 Å². The van der Waals surface area contributed by atoms with Crippen LogP contribution in [0.1, 0.15) is 0 Å². The minimum Gasteiger partial charge on any atom is -0.395 e. The van der Waals surface area contributed by atoms with Gasteiger partial charge >= 0.3 is 0 Å². The van der Waals surface area contributed by atoms with Crippen LogP contribution in [0.2, 0.25) is 0 Å². The fourth-order valence-corrected chi connectivity index (χ4v) is 1.26. The van der Waals surface area contributed by atoms with Crippen molar-refractivity contribution in [3.8, 4) is 0 Å². The van der Waals surface area contributed by atoms with Gasteiger partial charge in [0.1, 0.15) is 0 Å². The van der Waals surface area contributed by atoms with Gasteiger partial charge in [-0.1, -0.05) is 0 Å². The zero-order chi connectivity index (χ0) is 14.2. The maximum Gasteiger partial charge on any atom is 0.0558 e. The van der Waals surface area contributed by atoms with E-state index >= 15 is 0 Å². The van der Waals surface area contributed by atoms with Crippen molar-refractivity contribution in [2.24, 2.45) is 5.73 Å². The molecule has 112 valence electrons. The Kier molecular flexibility index (Phi) is 18.6. The fraction of sp³-hybridized carbons (Fsp3) is 1.00. The van der Waals surface area contributed by atoms with Crippen LogP contribution in [0, 0.1) is 0 Å². The van der Waals surface area contributed by atoms with Gasteiger partial charge in [0.25, 0.3) is 0 Å². The zero-order valence-electron chi connectivity index (χ0n) is 11.3. The van der Waals surface area contributed by atoms with Crippen molar-refractivity contribution < 1.29 is 20.4 Å². The van der Waals surface area contributed by atoms with Gasteiger partial charge in [-0.05, 0) is 7.05 Å². The Hall–Kier alpha value is -0.280. The molecule has 0 aliphatic rings. The molecule has 7 nitrogen and oxygen atoms in total. The van der Waals surface area contributed by atoms with Gasteiger partial charge < -0.3 is 31.1 Å². The number of rotatable bonds is 10. The van der Waals surface area contributed by atoms with Gasteiger partial charge in [0.05, 0.1) is 26.4 Å². The van der Waals surface area contributed by atoms with Gasteiger partial charge in [0, 0.05) is 39.3 Å². The first-order valence-corrected chi connectivity index (χ1v) is 6.20. The van der Waals surface area contributed by atoms with Crippen LogP contribution in [-0.2, 0) is 0 Å². The molecule has 0 amide bonds. The highest BCUT2D eigenvalue weighted by molar-refractivity contribution is 4.54. The van der Waals surface area contributed by atoms with Gasteiger partial charge in [0.15, 0.2) is 0 Å². The molecule has 0 aromatic rings. The van der Waals surface area contributed by atoms with Gasteiger partial charge in [-0.3, -0.25) is 4.90 Å². The van der Waals surface area contributed by atoms with E-state index in [1.807, 2.05) is 11.9 Å². The lowest BCUT2D eigenvalue weighted by Crippen LogP contribution is -2.32. The van der Waals surface area contributed by atoms with Crippen LogP contribution >= 0.6 is 0 Å². The van der Waals surface area contributed by atoms with Gasteiger partial charge in [0.2, 0.25) is 0 Å². The first kappa shape index (κ1) is 20.0. The van der Waals surface area contributed by atoms with E-state index in [0.29, 0.717) is 26.2 Å². The van der Waals surface area contributed by atoms with E-state index in [1.54, 1.807) is 4.90 Å². The van der Waals surface area contributed by atoms with Gasteiger partial charge in [-0.25, -0.2) is 0 Å². The van der Waals surface area contributed by atoms with Crippen LogP contribution in [0.15, 0.2) is 0 Å². The Morgan fingerprint density at radius 3 is 1.39 bits per heavy atom. The molecule has 0 unspecified atom stereocenters. The summed E-state index contributed by atoms with van der Waals surface area (Å²) in [5.74, 6) is 0. The average molecular weight is 267 g/mol. The van der Waals surface area contributed by atoms with Crippen LogP contribution in [0.5, 0.6) is 0 Å². The second-order valence-corrected chi connectivity index (χ2v) is 3.83. The Morgan fingerprint density at radius 1 is 0.722 bits per heavy atom. The lowest BCUT2D eigenvalue weighted by molar-refractivity contribution is 0.136. The zero-order valence-corrected chi connectivity index (χ0v) is 11.3. The third-order valence-corrected chi connectivity index (χ3v) is 2.24. The highest BCUT2D eigenvalue weighted by atomic mass is 16.3. The van der Waals surface area contributed by atoms with Crippen molar-refractivity contribution in [2.45, 2.75) is 0 Å². The van der Waals surface area contributed by atoms with Crippen LogP contribution in [0.3, 0.4) is 0 Å². The summed E-state index contributed by atoms with van der Waals surface area (Å²) in [5.41, 5.74) is 5.24. The predicted octanol–water partition coefficient (Wildman–Crippen LogP) is -2.87. The maximum atomic E-state index is 8.48. The number of aliphatic hydroxyl groups excluding tert-OH is 4. The number of nitrogens with zero attached hydrogens (tertiary/aromatic N) is 2. The van der Waals surface area contributed by atoms with E-state index in [1.165, 1.54) is 0 Å². The first-order valence-electron chi connectivity index (χ1n) is 6.20. The van der Waals surface area contributed by atoms with Crippen LogP contribution in [0.25, 0.3) is 0 Å². The largest absolute Gasteiger partial charge is 0.395 e. The molecule has 0 aliphatic carbocycles. The highest BCUT2D eigenvalue weighted by Gasteiger charge is 2.00. The Balaban J connectivity index is 0. The number of aliphatic hydroxyl groups is 4. The van der Waals surface area contributed by atoms with Crippen molar-refractivity contribution in [3.05, 3.63) is 0 Å². The third-order valence-electron chi connectivity index (χ3n) is 2.24. The second kappa shape index (κ2) is 16.7. The monoisotopic (exact) mass is 267 g/mol. The number of hydrogen-bond donors (Lipinski definition) is 5. The topological polar surface area (TPSA) is 113 Å². The van der Waals surface area contributed by atoms with Crippen LogP contribution in [-0.4, -0.2) is 103 Å². The van der Waals surface area contributed by atoms with E-state index < -0.39 is 0 Å². The average Bonchev–Trinajstić information content (AvgIpc) is 2.31. The summed E-state index contributed by atoms with van der Waals surface area (Å²) in [6.45, 7) is 4.22. The lowest BCUT2D eigenvalue weighted by atomic mass is 10.4. The fourth-order valence-electron chi connectivity index (χ4n) is 1.26. The van der Waals surface area contributed by atoms with Crippen molar-refractivity contribution in [3.63, 3.8) is 0 Å². The first-order chi connectivity index (χ1) is 8.65. The summed E-state index contributed by atoms with van der Waals surface area (Å²) in [5, 5.41) is 33.8. The van der Waals surface area contributed by atoms with Crippen molar-refractivity contribution in [1.82, 2.24) is 9.80 Å². The SMILES string of the molecule is CN(CCN)CCO.OCCN(CCO)CCO. The summed E-state index contributed by atoms with van der Waals surface area (Å²) in [7, 11) is 1.93. The lowest BCUT2D eigenvalue weighted by Gasteiger charge is -2.17. The molecule has 18 heavy (non-hydrogen) atoms. The summed E-state index contributed by atoms with van der Waals surface area (Å²) >= 11 is 0. The Labute approximate surface area is 109 Å². The van der Waals surface area contributed by atoms with E-state index in [0.717, 1.165) is 13.1 Å². The van der Waals surface area contributed by atoms with Gasteiger partial charge in [-0.2, -0.15) is 0 Å². The molecule has 6 N–H and O–H groups in total. The molecule has 0 saturated heterocycles. The normalized spacial score (nSPS) is 10.7. The quantitative estimate of drug-likeness (QED) is 0.289. The van der Waals surface area contributed by atoms with E-state index in [9.17, 15) is 0 Å². The molecule has 0 radical (unpaired) electrons. The standard InChI is InChI=1S/C6H15NO3.C5H14N2O/c8-4-1-7(2-5-9)3-6-10;1-7(3-2-6)4-5-8/h8-10H,1-6H2;8H,2-6H2,1H3. The molecular weight excluding hydrogens is 238 g/mol. The molecule has 0 aromatic heterocycles. The molecular formula is C11H29N3O4.